The van der Waals surface area contributed by atoms with Gasteiger partial charge in [0.1, 0.15) is 11.6 Å². The minimum absolute atomic E-state index is 0.0461. The number of nitrogens with two attached hydrogens (primary N) is 1. The number of anilines is 1. The summed E-state index contributed by atoms with van der Waals surface area (Å²) in [7, 11) is 0. The number of morpholine rings is 1. The van der Waals surface area contributed by atoms with E-state index in [1.807, 2.05) is 18.7 Å². The second-order valence-electron chi connectivity index (χ2n) is 10.7. The first-order valence-electron chi connectivity index (χ1n) is 12.1. The van der Waals surface area contributed by atoms with Gasteiger partial charge in [0.25, 0.3) is 0 Å². The van der Waals surface area contributed by atoms with Gasteiger partial charge in [-0.25, -0.2) is 15.0 Å². The molecule has 5 aliphatic rings. The molecule has 35 heavy (non-hydrogen) atoms. The Labute approximate surface area is 200 Å². The molecule has 2 atom stereocenters. The lowest BCUT2D eigenvalue weighted by atomic mass is 9.34. The number of aliphatic imine (C=N–C) groups is 1. The van der Waals surface area contributed by atoms with E-state index in [0.29, 0.717) is 47.6 Å². The van der Waals surface area contributed by atoms with Crippen molar-refractivity contribution in [1.29, 1.82) is 0 Å². The fraction of sp³-hybridized carbons (Fsp3) is 0.625. The zero-order chi connectivity index (χ0) is 24.6. The van der Waals surface area contributed by atoms with Crippen LogP contribution in [0, 0.1) is 12.3 Å². The maximum Gasteiger partial charge on any atom is 0.394 e. The van der Waals surface area contributed by atoms with E-state index in [4.69, 9.17) is 20.4 Å². The molecule has 0 spiro atoms. The SMILES string of the molecule is Cc1cnc2c(C34CC(C(F)(F)F)(C3)C4)nc(N3C[C@@H](C)O[C@H](/C(C=NC4CC4)=C/N)C3)nc2n1. The third kappa shape index (κ3) is 3.66. The highest BCUT2D eigenvalue weighted by atomic mass is 19.4. The van der Waals surface area contributed by atoms with Crippen LogP contribution in [0.4, 0.5) is 19.1 Å². The third-order valence-electron chi connectivity index (χ3n) is 7.74. The van der Waals surface area contributed by atoms with E-state index in [2.05, 4.69) is 15.0 Å². The average molecular weight is 488 g/mol. The average Bonchev–Trinajstić information content (AvgIpc) is 3.55. The minimum Gasteiger partial charge on any atom is -0.404 e. The number of nitrogens with zero attached hydrogens (tertiary/aromatic N) is 6. The lowest BCUT2D eigenvalue weighted by molar-refractivity contribution is -0.337. The summed E-state index contributed by atoms with van der Waals surface area (Å²) >= 11 is 0. The van der Waals surface area contributed by atoms with Crippen molar-refractivity contribution < 1.29 is 17.9 Å². The molecule has 5 fully saturated rings. The summed E-state index contributed by atoms with van der Waals surface area (Å²) < 4.78 is 46.8. The number of rotatable bonds is 5. The maximum absolute atomic E-state index is 13.5. The highest BCUT2D eigenvalue weighted by Crippen LogP contribution is 2.78. The first-order chi connectivity index (χ1) is 16.6. The molecule has 0 aromatic carbocycles. The predicted molar refractivity (Wildman–Crippen MR) is 124 cm³/mol. The van der Waals surface area contributed by atoms with Crippen LogP contribution >= 0.6 is 0 Å². The summed E-state index contributed by atoms with van der Waals surface area (Å²) in [5, 5.41) is 0. The summed E-state index contributed by atoms with van der Waals surface area (Å²) in [6.45, 7) is 4.77. The second kappa shape index (κ2) is 7.59. The normalized spacial score (nSPS) is 33.2. The minimum atomic E-state index is -4.19. The fourth-order valence-corrected chi connectivity index (χ4v) is 5.78. The van der Waals surface area contributed by atoms with Crippen molar-refractivity contribution in [3.63, 3.8) is 0 Å². The zero-order valence-corrected chi connectivity index (χ0v) is 19.7. The molecule has 0 radical (unpaired) electrons. The Kier molecular flexibility index (Phi) is 4.91. The summed E-state index contributed by atoms with van der Waals surface area (Å²) in [5.74, 6) is 0.439. The lowest BCUT2D eigenvalue weighted by Crippen LogP contribution is -2.70. The van der Waals surface area contributed by atoms with Crippen molar-refractivity contribution in [2.75, 3.05) is 18.0 Å². The van der Waals surface area contributed by atoms with Gasteiger partial charge < -0.3 is 15.4 Å². The first kappa shape index (κ1) is 22.6. The topological polar surface area (TPSA) is 102 Å². The molecule has 7 rings (SSSR count). The number of ether oxygens (including phenoxy) is 1. The van der Waals surface area contributed by atoms with Crippen LogP contribution in [0.5, 0.6) is 0 Å². The van der Waals surface area contributed by atoms with Crippen molar-refractivity contribution in [2.45, 2.75) is 75.8 Å². The molecular weight excluding hydrogens is 459 g/mol. The molecule has 0 amide bonds. The van der Waals surface area contributed by atoms with Crippen LogP contribution in [0.25, 0.3) is 11.2 Å². The summed E-state index contributed by atoms with van der Waals surface area (Å²) in [6, 6.07) is 0.364. The molecule has 1 aliphatic heterocycles. The van der Waals surface area contributed by atoms with E-state index in [9.17, 15) is 13.2 Å². The zero-order valence-electron chi connectivity index (χ0n) is 19.7. The molecule has 1 saturated heterocycles. The van der Waals surface area contributed by atoms with Gasteiger partial charge in [-0.2, -0.15) is 18.2 Å². The third-order valence-corrected chi connectivity index (χ3v) is 7.74. The Morgan fingerprint density at radius 1 is 1.20 bits per heavy atom. The lowest BCUT2D eigenvalue weighted by Gasteiger charge is -2.70. The molecule has 11 heteroatoms. The smallest absolute Gasteiger partial charge is 0.394 e. The van der Waals surface area contributed by atoms with Gasteiger partial charge in [-0.05, 0) is 46.0 Å². The van der Waals surface area contributed by atoms with Gasteiger partial charge in [0, 0.05) is 36.1 Å². The largest absolute Gasteiger partial charge is 0.404 e. The number of aryl methyl sites for hydroxylation is 1. The van der Waals surface area contributed by atoms with Crippen LogP contribution < -0.4 is 10.6 Å². The molecule has 3 heterocycles. The molecule has 2 bridgehead atoms. The van der Waals surface area contributed by atoms with Crippen LogP contribution in [0.2, 0.25) is 0 Å². The van der Waals surface area contributed by atoms with Gasteiger partial charge >= 0.3 is 6.18 Å². The van der Waals surface area contributed by atoms with Crippen molar-refractivity contribution in [1.82, 2.24) is 19.9 Å². The van der Waals surface area contributed by atoms with E-state index < -0.39 is 17.0 Å². The van der Waals surface area contributed by atoms with Gasteiger partial charge in [0.2, 0.25) is 5.95 Å². The number of hydrogen-bond acceptors (Lipinski definition) is 8. The van der Waals surface area contributed by atoms with Crippen molar-refractivity contribution >= 4 is 23.3 Å². The van der Waals surface area contributed by atoms with Crippen LogP contribution in [-0.2, 0) is 10.2 Å². The van der Waals surface area contributed by atoms with Crippen molar-refractivity contribution in [3.8, 4) is 0 Å². The number of aromatic nitrogens is 4. The van der Waals surface area contributed by atoms with E-state index >= 15 is 0 Å². The molecule has 186 valence electrons. The van der Waals surface area contributed by atoms with E-state index in [1.165, 1.54) is 6.20 Å². The monoisotopic (exact) mass is 487 g/mol. The van der Waals surface area contributed by atoms with Crippen LogP contribution in [-0.4, -0.2) is 63.7 Å². The highest BCUT2D eigenvalue weighted by molar-refractivity contribution is 5.80. The van der Waals surface area contributed by atoms with Gasteiger partial charge in [0.15, 0.2) is 5.65 Å². The Hall–Kier alpha value is -2.82. The number of halogens is 3. The number of fused-ring (bicyclic) bond motifs is 1. The van der Waals surface area contributed by atoms with Gasteiger partial charge in [0.05, 0.1) is 35.5 Å². The predicted octanol–water partition coefficient (Wildman–Crippen LogP) is 3.38. The molecular formula is C24H28F3N7O. The fourth-order valence-electron chi connectivity index (χ4n) is 5.78. The van der Waals surface area contributed by atoms with Crippen LogP contribution in [0.15, 0.2) is 23.0 Å². The van der Waals surface area contributed by atoms with E-state index in [-0.39, 0.29) is 31.5 Å². The Morgan fingerprint density at radius 2 is 1.94 bits per heavy atom. The first-order valence-corrected chi connectivity index (χ1v) is 12.1. The van der Waals surface area contributed by atoms with Gasteiger partial charge in [-0.1, -0.05) is 0 Å². The highest BCUT2D eigenvalue weighted by Gasteiger charge is 2.79. The van der Waals surface area contributed by atoms with Crippen LogP contribution in [0.1, 0.15) is 50.4 Å². The molecule has 2 aromatic heterocycles. The summed E-state index contributed by atoms with van der Waals surface area (Å²) in [4.78, 5) is 25.1. The summed E-state index contributed by atoms with van der Waals surface area (Å²) in [6.07, 6.45) is 2.60. The quantitative estimate of drug-likeness (QED) is 0.645. The molecule has 2 N–H and O–H groups in total. The van der Waals surface area contributed by atoms with Crippen molar-refractivity contribution in [2.24, 2.45) is 16.1 Å². The molecule has 4 saturated carbocycles. The molecule has 2 aromatic rings. The van der Waals surface area contributed by atoms with Crippen LogP contribution in [0.3, 0.4) is 0 Å². The number of alkyl halides is 3. The number of hydrogen-bond donors (Lipinski definition) is 1. The Morgan fingerprint density at radius 3 is 2.60 bits per heavy atom. The van der Waals surface area contributed by atoms with E-state index in [1.54, 1.807) is 12.4 Å². The molecule has 0 unspecified atom stereocenters. The Balaban J connectivity index is 1.34. The maximum atomic E-state index is 13.5. The standard InChI is InChI=1S/C24H28F3N7O/c1-13-6-30-18-19(22-10-23(11-22,12-22)24(25,26)27)32-21(33-20(18)31-13)34-8-14(2)35-17(9-34)15(5-28)7-29-16-3-4-16/h5-7,14,16-17H,3-4,8-12,28H2,1-2H3/b15-5+,29-7?/t14-,17+,22?,23?/m1/s1. The van der Waals surface area contributed by atoms with Gasteiger partial charge in [-0.15, -0.1) is 0 Å². The van der Waals surface area contributed by atoms with Gasteiger partial charge in [-0.3, -0.25) is 4.99 Å². The summed E-state index contributed by atoms with van der Waals surface area (Å²) in [5.41, 5.74) is 6.66. The van der Waals surface area contributed by atoms with E-state index in [0.717, 1.165) is 18.4 Å². The molecule has 8 nitrogen and oxygen atoms in total. The second-order valence-corrected chi connectivity index (χ2v) is 10.7. The molecule has 4 aliphatic carbocycles. The van der Waals surface area contributed by atoms with Crippen molar-refractivity contribution in [3.05, 3.63) is 29.4 Å². The Bertz CT molecular complexity index is 1220.